The van der Waals surface area contributed by atoms with Gasteiger partial charge in [-0.25, -0.2) is 4.79 Å². The van der Waals surface area contributed by atoms with Crippen molar-refractivity contribution in [2.45, 2.75) is 40.0 Å². The summed E-state index contributed by atoms with van der Waals surface area (Å²) in [4.78, 5) is 23.1. The smallest absolute Gasteiger partial charge is 0.339 e. The molecular formula is C23H28O7. The van der Waals surface area contributed by atoms with Crippen molar-refractivity contribution in [2.24, 2.45) is 5.92 Å². The number of Topliss-reactive ketones (excluding diaryl/α,β-unsaturated/α-hetero) is 1. The third-order valence-electron chi connectivity index (χ3n) is 4.54. The maximum atomic E-state index is 12.2. The number of rotatable bonds is 11. The Hall–Kier alpha value is -3.22. The van der Waals surface area contributed by atoms with Crippen LogP contribution in [0.4, 0.5) is 0 Å². The van der Waals surface area contributed by atoms with Gasteiger partial charge in [-0.2, -0.15) is 0 Å². The van der Waals surface area contributed by atoms with Gasteiger partial charge in [0.2, 0.25) is 0 Å². The molecule has 0 bridgehead atoms. The van der Waals surface area contributed by atoms with Crippen LogP contribution in [0.2, 0.25) is 0 Å². The molecule has 0 unspecified atom stereocenters. The van der Waals surface area contributed by atoms with Gasteiger partial charge in [-0.1, -0.05) is 13.8 Å². The van der Waals surface area contributed by atoms with Gasteiger partial charge in [0.15, 0.2) is 5.78 Å². The summed E-state index contributed by atoms with van der Waals surface area (Å²) in [6.07, 6.45) is 1.74. The normalized spacial score (nSPS) is 10.8. The van der Waals surface area contributed by atoms with E-state index in [0.29, 0.717) is 55.1 Å². The minimum Gasteiger partial charge on any atom is -0.507 e. The highest BCUT2D eigenvalue weighted by Gasteiger charge is 2.17. The first-order valence-corrected chi connectivity index (χ1v) is 9.88. The summed E-state index contributed by atoms with van der Waals surface area (Å²) in [6, 6.07) is 7.35. The van der Waals surface area contributed by atoms with Crippen molar-refractivity contribution < 1.29 is 34.4 Å². The molecular weight excluding hydrogens is 388 g/mol. The predicted molar refractivity (Wildman–Crippen MR) is 112 cm³/mol. The maximum absolute atomic E-state index is 12.2. The standard InChI is InChI=1S/C23H28O7/c1-14(2)12-19(24)17-8-9-21(15(3)22(17)26)30-11-5-4-10-29-16-6-7-18(23(27)28)20(25)13-16/h6-9,13-14,25-26H,4-5,10-12H2,1-3H3,(H,27,28). The van der Waals surface area contributed by atoms with E-state index in [1.54, 1.807) is 19.1 Å². The molecule has 0 saturated carbocycles. The van der Waals surface area contributed by atoms with Crippen LogP contribution in [-0.2, 0) is 0 Å². The van der Waals surface area contributed by atoms with E-state index in [1.165, 1.54) is 18.2 Å². The molecule has 2 rings (SSSR count). The number of phenolic OH excluding ortho intramolecular Hbond substituents is 1. The molecule has 2 aromatic carbocycles. The minimum absolute atomic E-state index is 0.0360. The number of hydrogen-bond donors (Lipinski definition) is 3. The summed E-state index contributed by atoms with van der Waals surface area (Å²) in [6.45, 7) is 6.41. The van der Waals surface area contributed by atoms with Gasteiger partial charge in [0.1, 0.15) is 28.6 Å². The number of hydrogen-bond acceptors (Lipinski definition) is 6. The van der Waals surface area contributed by atoms with E-state index in [-0.39, 0.29) is 28.8 Å². The van der Waals surface area contributed by atoms with Gasteiger partial charge in [-0.15, -0.1) is 0 Å². The average Bonchev–Trinajstić information content (AvgIpc) is 2.66. The predicted octanol–water partition coefficient (Wildman–Crippen LogP) is 4.57. The Labute approximate surface area is 175 Å². The van der Waals surface area contributed by atoms with Gasteiger partial charge in [0, 0.05) is 18.1 Å². The fraction of sp³-hybridized carbons (Fsp3) is 0.391. The molecule has 30 heavy (non-hydrogen) atoms. The molecule has 0 spiro atoms. The van der Waals surface area contributed by atoms with E-state index < -0.39 is 5.97 Å². The molecule has 3 N–H and O–H groups in total. The molecule has 0 atom stereocenters. The van der Waals surface area contributed by atoms with Gasteiger partial charge in [0.05, 0.1) is 18.8 Å². The Balaban J connectivity index is 1.79. The first-order chi connectivity index (χ1) is 14.2. The molecule has 7 nitrogen and oxygen atoms in total. The summed E-state index contributed by atoms with van der Waals surface area (Å²) in [5, 5.41) is 28.9. The number of carbonyl (C=O) groups excluding carboxylic acids is 1. The highest BCUT2D eigenvalue weighted by molar-refractivity contribution is 5.99. The molecule has 0 fully saturated rings. The largest absolute Gasteiger partial charge is 0.507 e. The molecule has 0 aliphatic rings. The Bertz CT molecular complexity index is 903. The summed E-state index contributed by atoms with van der Waals surface area (Å²) in [5.41, 5.74) is 0.681. The molecule has 0 saturated heterocycles. The summed E-state index contributed by atoms with van der Waals surface area (Å²) in [7, 11) is 0. The topological polar surface area (TPSA) is 113 Å². The molecule has 0 aliphatic heterocycles. The first kappa shape index (κ1) is 23.1. The SMILES string of the molecule is Cc1c(OCCCCOc2ccc(C(=O)O)c(O)c2)ccc(C(=O)CC(C)C)c1O. The van der Waals surface area contributed by atoms with Crippen LogP contribution in [-0.4, -0.2) is 40.3 Å². The lowest BCUT2D eigenvalue weighted by atomic mass is 9.98. The quantitative estimate of drug-likeness (QED) is 0.363. The van der Waals surface area contributed by atoms with Gasteiger partial charge in [0.25, 0.3) is 0 Å². The summed E-state index contributed by atoms with van der Waals surface area (Å²) >= 11 is 0. The van der Waals surface area contributed by atoms with Crippen molar-refractivity contribution in [1.29, 1.82) is 0 Å². The molecule has 2 aromatic rings. The van der Waals surface area contributed by atoms with Crippen LogP contribution in [0.25, 0.3) is 0 Å². The van der Waals surface area contributed by atoms with Crippen LogP contribution in [0.1, 0.15) is 59.4 Å². The molecule has 0 amide bonds. The van der Waals surface area contributed by atoms with E-state index in [1.807, 2.05) is 13.8 Å². The number of phenols is 2. The van der Waals surface area contributed by atoms with E-state index in [2.05, 4.69) is 0 Å². The molecule has 0 aliphatic carbocycles. The number of aromatic hydroxyl groups is 2. The number of ketones is 1. The van der Waals surface area contributed by atoms with E-state index >= 15 is 0 Å². The zero-order valence-electron chi connectivity index (χ0n) is 17.5. The van der Waals surface area contributed by atoms with Crippen molar-refractivity contribution >= 4 is 11.8 Å². The molecule has 0 radical (unpaired) electrons. The number of ether oxygens (including phenoxy) is 2. The van der Waals surface area contributed by atoms with Gasteiger partial charge in [-0.3, -0.25) is 4.79 Å². The van der Waals surface area contributed by atoms with Crippen LogP contribution in [0.3, 0.4) is 0 Å². The third-order valence-corrected chi connectivity index (χ3v) is 4.54. The zero-order chi connectivity index (χ0) is 22.3. The second-order valence-corrected chi connectivity index (χ2v) is 7.49. The lowest BCUT2D eigenvalue weighted by molar-refractivity contribution is 0.0693. The van der Waals surface area contributed by atoms with Crippen molar-refractivity contribution in [3.05, 3.63) is 47.0 Å². The number of carbonyl (C=O) groups is 2. The van der Waals surface area contributed by atoms with Crippen molar-refractivity contribution in [1.82, 2.24) is 0 Å². The number of carboxylic acids is 1. The Morgan fingerprint density at radius 3 is 2.20 bits per heavy atom. The number of carboxylic acid groups (broad SMARTS) is 1. The Morgan fingerprint density at radius 1 is 0.967 bits per heavy atom. The van der Waals surface area contributed by atoms with Crippen LogP contribution >= 0.6 is 0 Å². The van der Waals surface area contributed by atoms with Gasteiger partial charge < -0.3 is 24.8 Å². The van der Waals surface area contributed by atoms with Crippen LogP contribution in [0.5, 0.6) is 23.0 Å². The lowest BCUT2D eigenvalue weighted by Crippen LogP contribution is -2.06. The first-order valence-electron chi connectivity index (χ1n) is 9.88. The van der Waals surface area contributed by atoms with Crippen molar-refractivity contribution in [3.63, 3.8) is 0 Å². The minimum atomic E-state index is -1.20. The molecule has 0 aromatic heterocycles. The number of benzene rings is 2. The van der Waals surface area contributed by atoms with Crippen LogP contribution in [0, 0.1) is 12.8 Å². The van der Waals surface area contributed by atoms with E-state index in [4.69, 9.17) is 14.6 Å². The second-order valence-electron chi connectivity index (χ2n) is 7.49. The highest BCUT2D eigenvalue weighted by atomic mass is 16.5. The fourth-order valence-electron chi connectivity index (χ4n) is 2.90. The van der Waals surface area contributed by atoms with Crippen LogP contribution < -0.4 is 9.47 Å². The van der Waals surface area contributed by atoms with Crippen LogP contribution in [0.15, 0.2) is 30.3 Å². The Morgan fingerprint density at radius 2 is 1.60 bits per heavy atom. The lowest BCUT2D eigenvalue weighted by Gasteiger charge is -2.13. The zero-order valence-corrected chi connectivity index (χ0v) is 17.5. The van der Waals surface area contributed by atoms with Crippen molar-refractivity contribution in [2.75, 3.05) is 13.2 Å². The van der Waals surface area contributed by atoms with Gasteiger partial charge >= 0.3 is 5.97 Å². The summed E-state index contributed by atoms with van der Waals surface area (Å²) in [5.74, 6) is -0.523. The molecule has 162 valence electrons. The monoisotopic (exact) mass is 416 g/mol. The summed E-state index contributed by atoms with van der Waals surface area (Å²) < 4.78 is 11.2. The number of unbranched alkanes of at least 4 members (excludes halogenated alkanes) is 1. The van der Waals surface area contributed by atoms with E-state index in [0.717, 1.165) is 0 Å². The van der Waals surface area contributed by atoms with Gasteiger partial charge in [-0.05, 0) is 49.9 Å². The van der Waals surface area contributed by atoms with Crippen molar-refractivity contribution in [3.8, 4) is 23.0 Å². The fourth-order valence-corrected chi connectivity index (χ4v) is 2.90. The highest BCUT2D eigenvalue weighted by Crippen LogP contribution is 2.32. The van der Waals surface area contributed by atoms with E-state index in [9.17, 15) is 19.8 Å². The Kier molecular flexibility index (Phi) is 8.09. The second kappa shape index (κ2) is 10.5. The molecule has 7 heteroatoms. The number of aromatic carboxylic acids is 1. The molecule has 0 heterocycles. The third kappa shape index (κ3) is 6.14. The maximum Gasteiger partial charge on any atom is 0.339 e. The average molecular weight is 416 g/mol.